The number of nitrogens with zero attached hydrogens (tertiary/aromatic N) is 2. The quantitative estimate of drug-likeness (QED) is 0.385. The first kappa shape index (κ1) is 22.9. The monoisotopic (exact) mass is 454 g/mol. The zero-order valence-corrected chi connectivity index (χ0v) is 20.5. The van der Waals surface area contributed by atoms with E-state index >= 15 is 0 Å². The Hall–Kier alpha value is -1.80. The van der Waals surface area contributed by atoms with E-state index in [1.807, 2.05) is 0 Å². The molecule has 0 aliphatic heterocycles. The Bertz CT molecular complexity index is 986. The molecule has 3 rings (SSSR count). The fourth-order valence-electron chi connectivity index (χ4n) is 4.76. The molecule has 0 aliphatic carbocycles. The smallest absolute Gasteiger partial charge is 0.417 e. The first-order valence-electron chi connectivity index (χ1n) is 10.2. The van der Waals surface area contributed by atoms with Gasteiger partial charge in [-0.1, -0.05) is 59.7 Å². The van der Waals surface area contributed by atoms with Gasteiger partial charge in [-0.3, -0.25) is 0 Å². The molecule has 30 heavy (non-hydrogen) atoms. The number of alkyl halides is 3. The summed E-state index contributed by atoms with van der Waals surface area (Å²) in [6.45, 7) is 13.4. The van der Waals surface area contributed by atoms with Crippen LogP contribution < -0.4 is 4.53 Å². The average molecular weight is 455 g/mol. The molecule has 0 saturated heterocycles. The molecule has 0 N–H and O–H groups in total. The van der Waals surface area contributed by atoms with Crippen molar-refractivity contribution in [2.75, 3.05) is 0 Å². The largest absolute Gasteiger partial charge is 0.475 e. The van der Waals surface area contributed by atoms with E-state index in [1.54, 1.807) is 22.5 Å². The molecule has 8 heteroatoms. The van der Waals surface area contributed by atoms with E-state index in [-0.39, 0.29) is 10.6 Å². The van der Waals surface area contributed by atoms with Crippen molar-refractivity contribution in [2.45, 2.75) is 52.8 Å². The third-order valence-electron chi connectivity index (χ3n) is 6.45. The molecule has 0 bridgehead atoms. The van der Waals surface area contributed by atoms with Gasteiger partial charge in [0.2, 0.25) is 0 Å². The van der Waals surface area contributed by atoms with Crippen LogP contribution in [0.5, 0.6) is 0 Å². The zero-order chi connectivity index (χ0) is 22.3. The van der Waals surface area contributed by atoms with Gasteiger partial charge in [0.1, 0.15) is 0 Å². The molecule has 0 amide bonds. The molecule has 0 spiro atoms. The van der Waals surface area contributed by atoms with Gasteiger partial charge in [0, 0.05) is 10.6 Å². The third-order valence-corrected chi connectivity index (χ3v) is 10.7. The molecule has 0 fully saturated rings. The highest BCUT2D eigenvalue weighted by Crippen LogP contribution is 2.49. The molecular formula is C22H29F3N2OSSi. The Balaban J connectivity index is 2.05. The maximum absolute atomic E-state index is 13.6. The van der Waals surface area contributed by atoms with Crippen LogP contribution in [0.25, 0.3) is 21.5 Å². The number of halogens is 3. The summed E-state index contributed by atoms with van der Waals surface area (Å²) in [5.74, 6) is 1.32. The van der Waals surface area contributed by atoms with E-state index in [9.17, 15) is 13.2 Å². The average Bonchev–Trinajstić information content (AvgIpc) is 3.24. The van der Waals surface area contributed by atoms with E-state index in [0.717, 1.165) is 6.07 Å². The molecule has 1 aromatic carbocycles. The molecule has 0 atom stereocenters. The second-order valence-corrected chi connectivity index (χ2v) is 11.4. The maximum Gasteiger partial charge on any atom is 0.417 e. The second kappa shape index (κ2) is 8.38. The zero-order valence-electron chi connectivity index (χ0n) is 18.2. The lowest BCUT2D eigenvalue weighted by atomic mass is 9.76. The van der Waals surface area contributed by atoms with Crippen molar-refractivity contribution in [1.29, 1.82) is 0 Å². The molecule has 3 aromatic rings. The van der Waals surface area contributed by atoms with Crippen LogP contribution in [0.3, 0.4) is 0 Å². The van der Waals surface area contributed by atoms with Crippen molar-refractivity contribution in [3.05, 3.63) is 41.5 Å². The first-order chi connectivity index (χ1) is 14.0. The second-order valence-electron chi connectivity index (χ2n) is 8.77. The summed E-state index contributed by atoms with van der Waals surface area (Å²) in [7, 11) is -1.09. The maximum atomic E-state index is 13.6. The Kier molecular flexibility index (Phi) is 6.39. The third kappa shape index (κ3) is 3.91. The van der Waals surface area contributed by atoms with Gasteiger partial charge in [0.25, 0.3) is 9.76 Å². The van der Waals surface area contributed by atoms with Crippen molar-refractivity contribution >= 4 is 31.4 Å². The molecular weight excluding hydrogens is 425 g/mol. The number of thiazole rings is 1. The lowest BCUT2D eigenvalue weighted by Crippen LogP contribution is -2.41. The minimum Gasteiger partial charge on any atom is -0.475 e. The Morgan fingerprint density at radius 1 is 0.967 bits per heavy atom. The highest BCUT2D eigenvalue weighted by molar-refractivity contribution is 7.17. The van der Waals surface area contributed by atoms with Gasteiger partial charge in [-0.2, -0.15) is 17.9 Å². The molecule has 164 valence electrons. The van der Waals surface area contributed by atoms with E-state index < -0.39 is 21.5 Å². The van der Waals surface area contributed by atoms with E-state index in [2.05, 4.69) is 46.5 Å². The summed E-state index contributed by atoms with van der Waals surface area (Å²) in [6, 6.07) is 5.68. The van der Waals surface area contributed by atoms with Gasteiger partial charge in [0.15, 0.2) is 5.65 Å². The van der Waals surface area contributed by atoms with Crippen molar-refractivity contribution in [3.8, 4) is 11.1 Å². The Morgan fingerprint density at radius 3 is 2.13 bits per heavy atom. The minimum absolute atomic E-state index is 0.0661. The van der Waals surface area contributed by atoms with Crippen molar-refractivity contribution in [1.82, 2.24) is 9.71 Å². The SMILES string of the molecule is CC(C)C([SiH2]On1cc(-c2ccccc2C(F)(F)F)c2scnc21)(C(C)C)C(C)C. The predicted octanol–water partition coefficient (Wildman–Crippen LogP) is 6.42. The van der Waals surface area contributed by atoms with Crippen LogP contribution in [0.4, 0.5) is 13.2 Å². The van der Waals surface area contributed by atoms with Crippen LogP contribution >= 0.6 is 11.3 Å². The van der Waals surface area contributed by atoms with Gasteiger partial charge < -0.3 is 4.53 Å². The Labute approximate surface area is 182 Å². The van der Waals surface area contributed by atoms with Gasteiger partial charge in [-0.15, -0.1) is 11.3 Å². The topological polar surface area (TPSA) is 27.1 Å². The molecule has 0 aliphatic rings. The van der Waals surface area contributed by atoms with E-state index in [0.29, 0.717) is 33.7 Å². The van der Waals surface area contributed by atoms with Gasteiger partial charge >= 0.3 is 6.18 Å². The van der Waals surface area contributed by atoms with Crippen LogP contribution in [0.2, 0.25) is 5.04 Å². The summed E-state index contributed by atoms with van der Waals surface area (Å²) in [4.78, 5) is 4.39. The molecule has 2 aromatic heterocycles. The summed E-state index contributed by atoms with van der Waals surface area (Å²) in [6.07, 6.45) is -2.75. The summed E-state index contributed by atoms with van der Waals surface area (Å²) < 4.78 is 49.5. The number of aromatic nitrogens is 2. The van der Waals surface area contributed by atoms with Gasteiger partial charge in [-0.05, 0) is 29.4 Å². The molecule has 0 radical (unpaired) electrons. The summed E-state index contributed by atoms with van der Waals surface area (Å²) in [5.41, 5.74) is 2.27. The van der Waals surface area contributed by atoms with Gasteiger partial charge in [-0.25, -0.2) is 4.98 Å². The number of rotatable bonds is 7. The lowest BCUT2D eigenvalue weighted by Gasteiger charge is -2.44. The molecule has 0 saturated carbocycles. The van der Waals surface area contributed by atoms with Crippen molar-refractivity contribution in [2.24, 2.45) is 17.8 Å². The van der Waals surface area contributed by atoms with Crippen LogP contribution in [0.15, 0.2) is 36.0 Å². The highest BCUT2D eigenvalue weighted by atomic mass is 32.1. The summed E-state index contributed by atoms with van der Waals surface area (Å²) in [5, 5.41) is 0.0661. The molecule has 3 nitrogen and oxygen atoms in total. The van der Waals surface area contributed by atoms with E-state index in [4.69, 9.17) is 4.53 Å². The van der Waals surface area contributed by atoms with Crippen molar-refractivity contribution < 1.29 is 17.7 Å². The fourth-order valence-corrected chi connectivity index (χ4v) is 7.11. The minimum atomic E-state index is -4.42. The lowest BCUT2D eigenvalue weighted by molar-refractivity contribution is -0.137. The number of hydrogen-bond donors (Lipinski definition) is 0. The van der Waals surface area contributed by atoms with Crippen LogP contribution in [0.1, 0.15) is 47.1 Å². The number of benzene rings is 1. The van der Waals surface area contributed by atoms with Gasteiger partial charge in [0.05, 0.1) is 22.0 Å². The van der Waals surface area contributed by atoms with E-state index in [1.165, 1.54) is 23.5 Å². The highest BCUT2D eigenvalue weighted by Gasteiger charge is 2.42. The first-order valence-corrected chi connectivity index (χ1v) is 12.4. The predicted molar refractivity (Wildman–Crippen MR) is 120 cm³/mol. The summed E-state index contributed by atoms with van der Waals surface area (Å²) >= 11 is 1.34. The normalized spacial score (nSPS) is 13.6. The van der Waals surface area contributed by atoms with Crippen LogP contribution in [-0.4, -0.2) is 19.5 Å². The molecule has 2 heterocycles. The Morgan fingerprint density at radius 2 is 1.57 bits per heavy atom. The standard InChI is InChI=1S/C22H29F3N2OSSi/c1-13(2)21(14(3)4,15(5)6)30-28-27-11-17(19-20(27)26-12-29-19)16-9-7-8-10-18(16)22(23,24)25/h7-15H,30H2,1-6H3. The number of fused-ring (bicyclic) bond motifs is 1. The van der Waals surface area contributed by atoms with Crippen LogP contribution in [0, 0.1) is 17.8 Å². The van der Waals surface area contributed by atoms with Crippen molar-refractivity contribution in [3.63, 3.8) is 0 Å². The molecule has 0 unspecified atom stereocenters. The fraction of sp³-hybridized carbons (Fsp3) is 0.500. The number of hydrogen-bond acceptors (Lipinski definition) is 3. The van der Waals surface area contributed by atoms with Crippen LogP contribution in [-0.2, 0) is 6.18 Å².